The maximum atomic E-state index is 11.8. The summed E-state index contributed by atoms with van der Waals surface area (Å²) in [7, 11) is 0. The standard InChI is InChI=1S/C15H10O5/c16-9-3-1-8(2-4-9)5-11-10-6-12(17)13(18)7-14(10)20-15(11)19/h1-7,16-18H. The Morgan fingerprint density at radius 2 is 1.60 bits per heavy atom. The molecule has 0 aromatic heterocycles. The highest BCUT2D eigenvalue weighted by Crippen LogP contribution is 2.41. The van der Waals surface area contributed by atoms with Crippen LogP contribution in [0.2, 0.25) is 0 Å². The van der Waals surface area contributed by atoms with Gasteiger partial charge in [-0.2, -0.15) is 0 Å². The monoisotopic (exact) mass is 270 g/mol. The zero-order chi connectivity index (χ0) is 14.3. The summed E-state index contributed by atoms with van der Waals surface area (Å²) in [6.45, 7) is 0. The van der Waals surface area contributed by atoms with Crippen molar-refractivity contribution >= 4 is 17.6 Å². The molecule has 0 atom stereocenters. The minimum absolute atomic E-state index is 0.129. The number of phenolic OH excluding ortho intramolecular Hbond substituents is 3. The van der Waals surface area contributed by atoms with E-state index in [9.17, 15) is 20.1 Å². The van der Waals surface area contributed by atoms with Gasteiger partial charge < -0.3 is 20.1 Å². The molecule has 1 heterocycles. The molecule has 1 aliphatic rings. The van der Waals surface area contributed by atoms with E-state index in [0.29, 0.717) is 11.1 Å². The van der Waals surface area contributed by atoms with Crippen LogP contribution in [0.3, 0.4) is 0 Å². The van der Waals surface area contributed by atoms with Crippen molar-refractivity contribution in [2.24, 2.45) is 0 Å². The van der Waals surface area contributed by atoms with Crippen LogP contribution in [0.25, 0.3) is 11.6 Å². The molecule has 0 saturated heterocycles. The molecule has 0 saturated carbocycles. The van der Waals surface area contributed by atoms with E-state index in [-0.39, 0.29) is 28.6 Å². The molecule has 1 aliphatic heterocycles. The van der Waals surface area contributed by atoms with Crippen molar-refractivity contribution in [2.45, 2.75) is 0 Å². The summed E-state index contributed by atoms with van der Waals surface area (Å²) in [6.07, 6.45) is 1.59. The fraction of sp³-hybridized carbons (Fsp3) is 0. The fourth-order valence-corrected chi connectivity index (χ4v) is 1.99. The van der Waals surface area contributed by atoms with Gasteiger partial charge in [0, 0.05) is 11.6 Å². The van der Waals surface area contributed by atoms with Gasteiger partial charge in [-0.3, -0.25) is 0 Å². The molecule has 0 amide bonds. The molecule has 2 aromatic rings. The van der Waals surface area contributed by atoms with E-state index < -0.39 is 5.97 Å². The smallest absolute Gasteiger partial charge is 0.344 e. The Morgan fingerprint density at radius 1 is 0.950 bits per heavy atom. The van der Waals surface area contributed by atoms with Crippen LogP contribution in [0, 0.1) is 0 Å². The largest absolute Gasteiger partial charge is 0.508 e. The van der Waals surface area contributed by atoms with E-state index in [1.807, 2.05) is 0 Å². The summed E-state index contributed by atoms with van der Waals surface area (Å²) in [5, 5.41) is 28.1. The maximum Gasteiger partial charge on any atom is 0.344 e. The summed E-state index contributed by atoms with van der Waals surface area (Å²) < 4.78 is 5.02. The highest BCUT2D eigenvalue weighted by atomic mass is 16.5. The predicted molar refractivity (Wildman–Crippen MR) is 71.4 cm³/mol. The second-order valence-electron chi connectivity index (χ2n) is 4.38. The number of aromatic hydroxyl groups is 3. The zero-order valence-corrected chi connectivity index (χ0v) is 10.2. The van der Waals surface area contributed by atoms with Gasteiger partial charge in [-0.05, 0) is 29.8 Å². The van der Waals surface area contributed by atoms with Crippen LogP contribution in [0.15, 0.2) is 36.4 Å². The average molecular weight is 270 g/mol. The number of benzene rings is 2. The Bertz CT molecular complexity index is 729. The summed E-state index contributed by atoms with van der Waals surface area (Å²) in [5.74, 6) is -0.890. The lowest BCUT2D eigenvalue weighted by Gasteiger charge is -2.01. The third-order valence-corrected chi connectivity index (χ3v) is 2.99. The average Bonchev–Trinajstić information content (AvgIpc) is 2.69. The highest BCUT2D eigenvalue weighted by Gasteiger charge is 2.28. The molecule has 3 N–H and O–H groups in total. The SMILES string of the molecule is O=C1Oc2cc(O)c(O)cc2C1=Cc1ccc(O)cc1. The zero-order valence-electron chi connectivity index (χ0n) is 10.2. The van der Waals surface area contributed by atoms with Gasteiger partial charge in [-0.25, -0.2) is 4.79 Å². The lowest BCUT2D eigenvalue weighted by Crippen LogP contribution is -2.00. The van der Waals surface area contributed by atoms with Gasteiger partial charge >= 0.3 is 5.97 Å². The molecule has 5 nitrogen and oxygen atoms in total. The number of esters is 1. The first kappa shape index (κ1) is 12.1. The molecule has 0 radical (unpaired) electrons. The summed E-state index contributed by atoms with van der Waals surface area (Å²) in [5.41, 5.74) is 1.40. The molecule has 0 unspecified atom stereocenters. The van der Waals surface area contributed by atoms with Crippen molar-refractivity contribution in [3.05, 3.63) is 47.5 Å². The number of carbonyl (C=O) groups excluding carboxylic acids is 1. The highest BCUT2D eigenvalue weighted by molar-refractivity contribution is 6.26. The van der Waals surface area contributed by atoms with Gasteiger partial charge in [0.1, 0.15) is 11.5 Å². The molecule has 0 aliphatic carbocycles. The summed E-state index contributed by atoms with van der Waals surface area (Å²) in [6, 6.07) is 8.77. The second kappa shape index (κ2) is 4.31. The molecule has 0 bridgehead atoms. The third kappa shape index (κ3) is 1.95. The number of ether oxygens (including phenoxy) is 1. The summed E-state index contributed by atoms with van der Waals surface area (Å²) >= 11 is 0. The van der Waals surface area contributed by atoms with E-state index in [1.165, 1.54) is 24.3 Å². The Kier molecular flexibility index (Phi) is 2.61. The van der Waals surface area contributed by atoms with Crippen molar-refractivity contribution in [1.82, 2.24) is 0 Å². The van der Waals surface area contributed by atoms with Crippen LogP contribution in [0.5, 0.6) is 23.0 Å². The second-order valence-corrected chi connectivity index (χ2v) is 4.38. The van der Waals surface area contributed by atoms with E-state index in [1.54, 1.807) is 18.2 Å². The first-order valence-corrected chi connectivity index (χ1v) is 5.84. The van der Waals surface area contributed by atoms with Crippen LogP contribution in [0.1, 0.15) is 11.1 Å². The number of hydrogen-bond acceptors (Lipinski definition) is 5. The normalized spacial score (nSPS) is 15.2. The Morgan fingerprint density at radius 3 is 2.30 bits per heavy atom. The van der Waals surface area contributed by atoms with Crippen molar-refractivity contribution in [1.29, 1.82) is 0 Å². The van der Waals surface area contributed by atoms with Crippen molar-refractivity contribution < 1.29 is 24.9 Å². The number of carbonyl (C=O) groups is 1. The quantitative estimate of drug-likeness (QED) is 0.320. The molecule has 20 heavy (non-hydrogen) atoms. The van der Waals surface area contributed by atoms with Gasteiger partial charge in [-0.1, -0.05) is 12.1 Å². The molecule has 2 aromatic carbocycles. The molecular formula is C15H10O5. The minimum atomic E-state index is -0.557. The van der Waals surface area contributed by atoms with E-state index in [2.05, 4.69) is 0 Å². The predicted octanol–water partition coefficient (Wildman–Crippen LogP) is 2.26. The third-order valence-electron chi connectivity index (χ3n) is 2.99. The first-order valence-electron chi connectivity index (χ1n) is 5.84. The van der Waals surface area contributed by atoms with Crippen LogP contribution in [0.4, 0.5) is 0 Å². The summed E-state index contributed by atoms with van der Waals surface area (Å²) in [4.78, 5) is 11.8. The van der Waals surface area contributed by atoms with Crippen LogP contribution < -0.4 is 4.74 Å². The van der Waals surface area contributed by atoms with E-state index in [4.69, 9.17) is 4.74 Å². The van der Waals surface area contributed by atoms with E-state index >= 15 is 0 Å². The minimum Gasteiger partial charge on any atom is -0.508 e. The number of fused-ring (bicyclic) bond motifs is 1. The van der Waals surface area contributed by atoms with Gasteiger partial charge in [0.2, 0.25) is 0 Å². The molecule has 0 spiro atoms. The van der Waals surface area contributed by atoms with Crippen LogP contribution in [-0.2, 0) is 4.79 Å². The van der Waals surface area contributed by atoms with Crippen LogP contribution in [-0.4, -0.2) is 21.3 Å². The maximum absolute atomic E-state index is 11.8. The Hall–Kier alpha value is -2.95. The molecule has 100 valence electrons. The molecule has 0 fully saturated rings. The van der Waals surface area contributed by atoms with Crippen molar-refractivity contribution in [3.63, 3.8) is 0 Å². The number of phenols is 3. The first-order chi connectivity index (χ1) is 9.54. The fourth-order valence-electron chi connectivity index (χ4n) is 1.99. The lowest BCUT2D eigenvalue weighted by molar-refractivity contribution is -0.126. The van der Waals surface area contributed by atoms with Gasteiger partial charge in [0.25, 0.3) is 0 Å². The van der Waals surface area contributed by atoms with Gasteiger partial charge in [-0.15, -0.1) is 0 Å². The van der Waals surface area contributed by atoms with Crippen LogP contribution >= 0.6 is 0 Å². The Labute approximate surface area is 114 Å². The van der Waals surface area contributed by atoms with Gasteiger partial charge in [0.15, 0.2) is 11.5 Å². The van der Waals surface area contributed by atoms with Crippen molar-refractivity contribution in [3.8, 4) is 23.0 Å². The topological polar surface area (TPSA) is 87.0 Å². The molecule has 3 rings (SSSR count). The number of hydrogen-bond donors (Lipinski definition) is 3. The van der Waals surface area contributed by atoms with Gasteiger partial charge in [0.05, 0.1) is 5.57 Å². The lowest BCUT2D eigenvalue weighted by atomic mass is 10.0. The van der Waals surface area contributed by atoms with E-state index in [0.717, 1.165) is 0 Å². The Balaban J connectivity index is 2.10. The molecular weight excluding hydrogens is 260 g/mol. The molecule has 5 heteroatoms. The van der Waals surface area contributed by atoms with Crippen molar-refractivity contribution in [2.75, 3.05) is 0 Å². The number of rotatable bonds is 1.